The molecule has 4 nitrogen and oxygen atoms in total. The third-order valence-electron chi connectivity index (χ3n) is 3.55. The van der Waals surface area contributed by atoms with Gasteiger partial charge in [0.1, 0.15) is 0 Å². The van der Waals surface area contributed by atoms with Crippen LogP contribution in [0.5, 0.6) is 0 Å². The monoisotopic (exact) mass is 411 g/mol. The minimum absolute atomic E-state index is 0.0284. The molecule has 3 aromatic rings. The lowest BCUT2D eigenvalue weighted by atomic mass is 10.2. The van der Waals surface area contributed by atoms with Crippen molar-refractivity contribution in [1.29, 1.82) is 0 Å². The quantitative estimate of drug-likeness (QED) is 0.644. The van der Waals surface area contributed by atoms with E-state index in [0.29, 0.717) is 12.1 Å². The molecule has 2 heterocycles. The van der Waals surface area contributed by atoms with E-state index in [2.05, 4.69) is 15.3 Å². The van der Waals surface area contributed by atoms with Gasteiger partial charge in [0.2, 0.25) is 5.91 Å². The summed E-state index contributed by atoms with van der Waals surface area (Å²) >= 11 is 6.97. The van der Waals surface area contributed by atoms with Gasteiger partial charge in [-0.1, -0.05) is 17.7 Å². The normalized spacial score (nSPS) is 11.4. The number of benzene rings is 1. The van der Waals surface area contributed by atoms with E-state index in [4.69, 9.17) is 11.6 Å². The van der Waals surface area contributed by atoms with Gasteiger partial charge in [0.05, 0.1) is 27.7 Å². The van der Waals surface area contributed by atoms with Gasteiger partial charge in [-0.15, -0.1) is 11.3 Å². The van der Waals surface area contributed by atoms with Crippen molar-refractivity contribution < 1.29 is 18.0 Å². The fraction of sp³-hybridized carbons (Fsp3) is 0.167. The molecule has 0 aliphatic heterocycles. The number of carbonyl (C=O) groups is 1. The molecule has 9 heteroatoms. The maximum absolute atomic E-state index is 12.9. The van der Waals surface area contributed by atoms with Crippen molar-refractivity contribution in [2.75, 3.05) is 5.32 Å². The smallest absolute Gasteiger partial charge is 0.326 e. The van der Waals surface area contributed by atoms with Crippen LogP contribution in [0.4, 0.5) is 18.9 Å². The Balaban J connectivity index is 1.63. The number of nitrogens with zero attached hydrogens (tertiary/aromatic N) is 2. The van der Waals surface area contributed by atoms with Crippen molar-refractivity contribution in [2.45, 2.75) is 19.0 Å². The number of aromatic nitrogens is 2. The molecule has 2 aromatic heterocycles. The molecule has 1 aromatic carbocycles. The van der Waals surface area contributed by atoms with Crippen LogP contribution >= 0.6 is 22.9 Å². The van der Waals surface area contributed by atoms with Gasteiger partial charge in [0.25, 0.3) is 0 Å². The van der Waals surface area contributed by atoms with Crippen LogP contribution in [0.15, 0.2) is 48.0 Å². The Morgan fingerprint density at radius 3 is 2.70 bits per heavy atom. The summed E-state index contributed by atoms with van der Waals surface area (Å²) < 4.78 is 38.7. The van der Waals surface area contributed by atoms with Crippen LogP contribution < -0.4 is 5.32 Å². The highest BCUT2D eigenvalue weighted by Gasteiger charge is 2.33. The maximum atomic E-state index is 12.9. The van der Waals surface area contributed by atoms with Gasteiger partial charge in [-0.05, 0) is 30.3 Å². The predicted molar refractivity (Wildman–Crippen MR) is 97.9 cm³/mol. The lowest BCUT2D eigenvalue weighted by Crippen LogP contribution is -2.15. The van der Waals surface area contributed by atoms with E-state index in [1.807, 2.05) is 18.2 Å². The summed E-state index contributed by atoms with van der Waals surface area (Å²) in [7, 11) is 0. The number of hydrogen-bond donors (Lipinski definition) is 1. The highest BCUT2D eigenvalue weighted by molar-refractivity contribution is 7.09. The zero-order valence-corrected chi connectivity index (χ0v) is 15.3. The van der Waals surface area contributed by atoms with Crippen molar-refractivity contribution in [2.24, 2.45) is 0 Å². The molecule has 0 saturated carbocycles. The summed E-state index contributed by atoms with van der Waals surface area (Å²) in [6, 6.07) is 8.82. The molecule has 1 N–H and O–H groups in total. The van der Waals surface area contributed by atoms with Gasteiger partial charge in [0.15, 0.2) is 0 Å². The Labute approximate surface area is 162 Å². The predicted octanol–water partition coefficient (Wildman–Crippen LogP) is 4.98. The van der Waals surface area contributed by atoms with E-state index in [-0.39, 0.29) is 12.1 Å². The number of pyridine rings is 1. The fourth-order valence-corrected chi connectivity index (χ4v) is 3.39. The second-order valence-corrected chi connectivity index (χ2v) is 7.00. The number of carbonyl (C=O) groups excluding carboxylic acids is 1. The summed E-state index contributed by atoms with van der Waals surface area (Å²) in [6.07, 6.45) is -2.38. The molecule has 0 spiro atoms. The maximum Gasteiger partial charge on any atom is 0.417 e. The highest BCUT2D eigenvalue weighted by Crippen LogP contribution is 2.36. The Morgan fingerprint density at radius 1 is 1.19 bits per heavy atom. The Kier molecular flexibility index (Phi) is 5.76. The van der Waals surface area contributed by atoms with Crippen LogP contribution in [0.2, 0.25) is 5.02 Å². The Hall–Kier alpha value is -2.45. The van der Waals surface area contributed by atoms with E-state index >= 15 is 0 Å². The molecule has 27 heavy (non-hydrogen) atoms. The minimum atomic E-state index is -4.59. The van der Waals surface area contributed by atoms with Gasteiger partial charge < -0.3 is 5.32 Å². The largest absolute Gasteiger partial charge is 0.417 e. The summed E-state index contributed by atoms with van der Waals surface area (Å²) in [5, 5.41) is 4.58. The molecule has 0 aliphatic carbocycles. The van der Waals surface area contributed by atoms with E-state index < -0.39 is 22.7 Å². The zero-order chi connectivity index (χ0) is 19.4. The molecule has 3 rings (SSSR count). The highest BCUT2D eigenvalue weighted by atomic mass is 35.5. The van der Waals surface area contributed by atoms with Crippen molar-refractivity contribution in [3.8, 4) is 0 Å². The van der Waals surface area contributed by atoms with Crippen molar-refractivity contribution in [3.05, 3.63) is 75.0 Å². The van der Waals surface area contributed by atoms with Crippen LogP contribution in [-0.4, -0.2) is 15.9 Å². The molecule has 0 aliphatic rings. The second-order valence-electron chi connectivity index (χ2n) is 5.65. The average Bonchev–Trinajstić information content (AvgIpc) is 3.03. The molecule has 0 fully saturated rings. The van der Waals surface area contributed by atoms with Gasteiger partial charge in [-0.2, -0.15) is 13.2 Å². The molecular weight excluding hydrogens is 399 g/mol. The zero-order valence-electron chi connectivity index (χ0n) is 13.8. The van der Waals surface area contributed by atoms with Gasteiger partial charge in [-0.25, -0.2) is 4.98 Å². The second kappa shape index (κ2) is 8.06. The lowest BCUT2D eigenvalue weighted by Gasteiger charge is -2.11. The molecule has 1 amide bonds. The molecule has 0 atom stereocenters. The lowest BCUT2D eigenvalue weighted by molar-refractivity contribution is -0.137. The molecule has 0 unspecified atom stereocenters. The minimum Gasteiger partial charge on any atom is -0.326 e. The van der Waals surface area contributed by atoms with Crippen LogP contribution in [0.1, 0.15) is 22.0 Å². The Morgan fingerprint density at radius 2 is 2.00 bits per heavy atom. The van der Waals surface area contributed by atoms with Gasteiger partial charge >= 0.3 is 6.18 Å². The number of halogens is 4. The summed E-state index contributed by atoms with van der Waals surface area (Å²) in [5.74, 6) is -0.458. The van der Waals surface area contributed by atoms with E-state index in [1.165, 1.54) is 17.4 Å². The first-order valence-corrected chi connectivity index (χ1v) is 9.07. The van der Waals surface area contributed by atoms with E-state index in [0.717, 1.165) is 22.8 Å². The topological polar surface area (TPSA) is 54.9 Å². The SMILES string of the molecule is O=C(Cc1csc(Cc2ccccn2)n1)Nc1ccc(Cl)c(C(F)(F)F)c1. The van der Waals surface area contributed by atoms with E-state index in [1.54, 1.807) is 11.6 Å². The standard InChI is InChI=1S/C18H13ClF3N3OS/c19-15-5-4-12(7-14(15)18(20,21)22)24-16(26)8-13-10-27-17(25-13)9-11-3-1-2-6-23-11/h1-7,10H,8-9H2,(H,24,26). The van der Waals surface area contributed by atoms with Crippen LogP contribution in [0, 0.1) is 0 Å². The molecule has 0 saturated heterocycles. The molecule has 0 radical (unpaired) electrons. The number of amides is 1. The summed E-state index contributed by atoms with van der Waals surface area (Å²) in [6.45, 7) is 0. The number of alkyl halides is 3. The van der Waals surface area contributed by atoms with Crippen molar-refractivity contribution in [3.63, 3.8) is 0 Å². The van der Waals surface area contributed by atoms with Crippen molar-refractivity contribution >= 4 is 34.5 Å². The first kappa shape index (κ1) is 19.3. The number of anilines is 1. The first-order chi connectivity index (χ1) is 12.8. The number of thiazole rings is 1. The number of hydrogen-bond acceptors (Lipinski definition) is 4. The first-order valence-electron chi connectivity index (χ1n) is 7.81. The van der Waals surface area contributed by atoms with Gasteiger partial charge in [0, 0.05) is 29.4 Å². The van der Waals surface area contributed by atoms with Crippen LogP contribution in [0.25, 0.3) is 0 Å². The van der Waals surface area contributed by atoms with Crippen LogP contribution in [0.3, 0.4) is 0 Å². The van der Waals surface area contributed by atoms with E-state index in [9.17, 15) is 18.0 Å². The summed E-state index contributed by atoms with van der Waals surface area (Å²) in [5.41, 5.74) is 0.450. The molecule has 140 valence electrons. The molecular formula is C18H13ClF3N3OS. The van der Waals surface area contributed by atoms with Gasteiger partial charge in [-0.3, -0.25) is 9.78 Å². The summed E-state index contributed by atoms with van der Waals surface area (Å²) in [4.78, 5) is 20.7. The third-order valence-corrected chi connectivity index (χ3v) is 4.78. The fourth-order valence-electron chi connectivity index (χ4n) is 2.36. The molecule has 0 bridgehead atoms. The average molecular weight is 412 g/mol. The Bertz CT molecular complexity index is 945. The van der Waals surface area contributed by atoms with Crippen molar-refractivity contribution in [1.82, 2.24) is 9.97 Å². The third kappa shape index (κ3) is 5.27. The number of rotatable bonds is 5. The number of nitrogens with one attached hydrogen (secondary N) is 1. The van der Waals surface area contributed by atoms with Crippen LogP contribution in [-0.2, 0) is 23.8 Å².